The molecule has 0 saturated heterocycles. The molecule has 16 aromatic carbocycles. The fourth-order valence-corrected chi connectivity index (χ4v) is 15.0. The van der Waals surface area contributed by atoms with Gasteiger partial charge in [-0.1, -0.05) is 243 Å². The van der Waals surface area contributed by atoms with Gasteiger partial charge in [0.15, 0.2) is 0 Å². The topological polar surface area (TPSA) is 36.1 Å². The van der Waals surface area contributed by atoms with Gasteiger partial charge in [0.05, 0.1) is 27.5 Å². The molecule has 0 saturated carbocycles. The normalized spacial score (nSPS) is 11.8. The van der Waals surface area contributed by atoms with Gasteiger partial charge in [-0.05, 0) is 179 Å². The maximum Gasteiger partial charge on any atom is 0.145 e. The molecule has 0 fully saturated rings. The van der Waals surface area contributed by atoms with E-state index in [0.29, 0.717) is 0 Å². The Balaban J connectivity index is 0.000000135. The first-order valence-electron chi connectivity index (χ1n) is 32.2. The molecule has 94 heavy (non-hydrogen) atoms. The van der Waals surface area contributed by atoms with Gasteiger partial charge in [-0.15, -0.1) is 0 Å². The number of rotatable bonds is 7. The Morgan fingerprint density at radius 3 is 1.15 bits per heavy atom. The lowest BCUT2D eigenvalue weighted by Gasteiger charge is -2.13. The van der Waals surface area contributed by atoms with Crippen molar-refractivity contribution in [2.24, 2.45) is 0 Å². The van der Waals surface area contributed by atoms with E-state index in [1.165, 1.54) is 115 Å². The molecule has 20 rings (SSSR count). The van der Waals surface area contributed by atoms with Gasteiger partial charge >= 0.3 is 0 Å². The number of furan rings is 2. The lowest BCUT2D eigenvalue weighted by molar-refractivity contribution is 0.669. The van der Waals surface area contributed by atoms with E-state index >= 15 is 0 Å². The average molecular weight is 1200 g/mol. The Morgan fingerprint density at radius 1 is 0.170 bits per heavy atom. The van der Waals surface area contributed by atoms with E-state index in [1.54, 1.807) is 0 Å². The predicted octanol–water partition coefficient (Wildman–Crippen LogP) is 25.2. The van der Waals surface area contributed by atoms with Crippen molar-refractivity contribution in [1.82, 2.24) is 9.13 Å². The van der Waals surface area contributed by atoms with Crippen molar-refractivity contribution in [2.45, 2.75) is 0 Å². The van der Waals surface area contributed by atoms with Crippen molar-refractivity contribution in [2.75, 3.05) is 0 Å². The lowest BCUT2D eigenvalue weighted by Crippen LogP contribution is -1.94. The van der Waals surface area contributed by atoms with Crippen molar-refractivity contribution in [3.63, 3.8) is 0 Å². The number of nitrogens with zero attached hydrogens (tertiary/aromatic N) is 2. The Kier molecular flexibility index (Phi) is 12.3. The van der Waals surface area contributed by atoms with Crippen molar-refractivity contribution in [1.29, 1.82) is 0 Å². The second-order valence-electron chi connectivity index (χ2n) is 24.7. The van der Waals surface area contributed by atoms with E-state index in [1.807, 2.05) is 18.2 Å². The molecule has 0 radical (unpaired) electrons. The molecule has 0 spiro atoms. The zero-order chi connectivity index (χ0) is 61.8. The van der Waals surface area contributed by atoms with Crippen LogP contribution in [0.1, 0.15) is 0 Å². The maximum absolute atomic E-state index is 6.49. The first kappa shape index (κ1) is 53.3. The third-order valence-electron chi connectivity index (χ3n) is 19.3. The summed E-state index contributed by atoms with van der Waals surface area (Å²) < 4.78 is 17.6. The molecule has 4 nitrogen and oxygen atoms in total. The second-order valence-corrected chi connectivity index (χ2v) is 24.7. The number of hydrogen-bond donors (Lipinski definition) is 0. The van der Waals surface area contributed by atoms with Crippen molar-refractivity contribution >= 4 is 120 Å². The molecule has 0 N–H and O–H groups in total. The van der Waals surface area contributed by atoms with Gasteiger partial charge in [0, 0.05) is 55.1 Å². The van der Waals surface area contributed by atoms with Crippen molar-refractivity contribution in [3.8, 4) is 67.0 Å². The predicted molar refractivity (Wildman–Crippen MR) is 396 cm³/mol. The molecule has 0 aliphatic heterocycles. The van der Waals surface area contributed by atoms with Crippen LogP contribution in [0.3, 0.4) is 0 Å². The average Bonchev–Trinajstić information content (AvgIpc) is 1.58. The molecule has 438 valence electrons. The van der Waals surface area contributed by atoms with Crippen LogP contribution in [0.5, 0.6) is 0 Å². The van der Waals surface area contributed by atoms with Crippen LogP contribution in [0.25, 0.3) is 187 Å². The highest BCUT2D eigenvalue weighted by Gasteiger charge is 2.21. The second kappa shape index (κ2) is 21.6. The van der Waals surface area contributed by atoms with Crippen molar-refractivity contribution in [3.05, 3.63) is 340 Å². The zero-order valence-corrected chi connectivity index (χ0v) is 51.0. The van der Waals surface area contributed by atoms with Gasteiger partial charge in [0.2, 0.25) is 0 Å². The van der Waals surface area contributed by atoms with Crippen LogP contribution in [-0.4, -0.2) is 9.13 Å². The Morgan fingerprint density at radius 2 is 0.564 bits per heavy atom. The van der Waals surface area contributed by atoms with Crippen LogP contribution in [-0.2, 0) is 0 Å². The standard InChI is InChI=1S/C48H29NO.C42H27NO/c1-2-17-37-35(15-1)36-16-3-4-18-38(36)42-27-33(23-24-39(37)42)31-12-9-11-30(25-31)32-13-10-14-34(26-32)49-45-21-7-5-19-40(45)43-28-44-41-20-6-8-22-47(41)50-48(44)29-46(43)49;1-2-11-28(12-3-1)29-13-8-14-30(25-29)31-15-9-16-32(26-31)33-17-10-18-34(27-33)43-38-21-6-4-20-37(38)41-39(43)24-23-36-35-19-5-7-22-40(35)44-42(36)41/h1-29H;1-27H. The highest BCUT2D eigenvalue weighted by atomic mass is 16.3. The summed E-state index contributed by atoms with van der Waals surface area (Å²) in [5.41, 5.74) is 22.6. The smallest absolute Gasteiger partial charge is 0.145 e. The Bertz CT molecular complexity index is 6400. The number of aromatic nitrogens is 2. The summed E-state index contributed by atoms with van der Waals surface area (Å²) in [6, 6.07) is 122. The third kappa shape index (κ3) is 8.69. The quantitative estimate of drug-likeness (QED) is 0.149. The minimum Gasteiger partial charge on any atom is -0.456 e. The van der Waals surface area contributed by atoms with Gasteiger partial charge in [0.1, 0.15) is 22.3 Å². The summed E-state index contributed by atoms with van der Waals surface area (Å²) in [5, 5.41) is 17.2. The largest absolute Gasteiger partial charge is 0.456 e. The lowest BCUT2D eigenvalue weighted by atomic mass is 9.91. The van der Waals surface area contributed by atoms with E-state index in [-0.39, 0.29) is 0 Å². The van der Waals surface area contributed by atoms with Gasteiger partial charge in [-0.3, -0.25) is 0 Å². The summed E-state index contributed by atoms with van der Waals surface area (Å²) in [4.78, 5) is 0. The number of hydrogen-bond acceptors (Lipinski definition) is 2. The molecule has 0 aliphatic rings. The van der Waals surface area contributed by atoms with Gasteiger partial charge in [-0.2, -0.15) is 0 Å². The number of para-hydroxylation sites is 4. The molecule has 20 aromatic rings. The number of fused-ring (bicyclic) bond motifs is 19. The van der Waals surface area contributed by atoms with Crippen LogP contribution >= 0.6 is 0 Å². The monoisotopic (exact) mass is 1200 g/mol. The highest BCUT2D eigenvalue weighted by Crippen LogP contribution is 2.44. The Labute approximate surface area is 541 Å². The molecular weight excluding hydrogens is 1140 g/mol. The molecule has 0 bridgehead atoms. The summed E-state index contributed by atoms with van der Waals surface area (Å²) in [5.74, 6) is 0. The molecule has 4 aromatic heterocycles. The zero-order valence-electron chi connectivity index (χ0n) is 51.0. The summed E-state index contributed by atoms with van der Waals surface area (Å²) in [6.45, 7) is 0. The molecule has 0 aliphatic carbocycles. The molecule has 4 heterocycles. The van der Waals surface area contributed by atoms with Crippen LogP contribution in [0.4, 0.5) is 0 Å². The van der Waals surface area contributed by atoms with E-state index < -0.39 is 0 Å². The molecule has 0 atom stereocenters. The minimum atomic E-state index is 0.905. The van der Waals surface area contributed by atoms with Gasteiger partial charge in [-0.25, -0.2) is 0 Å². The minimum absolute atomic E-state index is 0.905. The highest BCUT2D eigenvalue weighted by molar-refractivity contribution is 6.26. The fourth-order valence-electron chi connectivity index (χ4n) is 15.0. The summed E-state index contributed by atoms with van der Waals surface area (Å²) in [7, 11) is 0. The number of benzene rings is 16. The van der Waals surface area contributed by atoms with Crippen LogP contribution < -0.4 is 0 Å². The van der Waals surface area contributed by atoms with E-state index in [9.17, 15) is 0 Å². The first-order valence-corrected chi connectivity index (χ1v) is 32.2. The van der Waals surface area contributed by atoms with Crippen molar-refractivity contribution < 1.29 is 8.83 Å². The third-order valence-corrected chi connectivity index (χ3v) is 19.3. The van der Waals surface area contributed by atoms with Crippen LogP contribution in [0, 0.1) is 0 Å². The van der Waals surface area contributed by atoms with Gasteiger partial charge < -0.3 is 18.0 Å². The molecular formula is C90H56N2O2. The first-order chi connectivity index (χ1) is 46.6. The van der Waals surface area contributed by atoms with Gasteiger partial charge in [0.25, 0.3) is 0 Å². The van der Waals surface area contributed by atoms with Crippen LogP contribution in [0.2, 0.25) is 0 Å². The van der Waals surface area contributed by atoms with Crippen LogP contribution in [0.15, 0.2) is 349 Å². The molecule has 4 heteroatoms. The van der Waals surface area contributed by atoms with E-state index in [4.69, 9.17) is 8.83 Å². The summed E-state index contributed by atoms with van der Waals surface area (Å²) >= 11 is 0. The molecule has 0 unspecified atom stereocenters. The van der Waals surface area contributed by atoms with E-state index in [2.05, 4.69) is 331 Å². The SMILES string of the molecule is c1cc(-c2cccc(-n3c4ccccc4c4cc5c(cc43)oc3ccccc35)c2)cc(-c2ccc3c4ccccc4c4ccccc4c3c2)c1.c1ccc(-c2cccc(-c3cccc(-c4cccc(-n5c6ccccc6c6c7oc8ccccc8c7ccc65)c4)c3)c2)cc1. The van der Waals surface area contributed by atoms with E-state index in [0.717, 1.165) is 71.7 Å². The summed E-state index contributed by atoms with van der Waals surface area (Å²) in [6.07, 6.45) is 0. The maximum atomic E-state index is 6.49. The Hall–Kier alpha value is -12.5. The fraction of sp³-hybridized carbons (Fsp3) is 0. The molecule has 0 amide bonds.